The molecule has 0 aliphatic carbocycles. The van der Waals surface area contributed by atoms with Crippen molar-refractivity contribution >= 4 is 29.0 Å². The van der Waals surface area contributed by atoms with Crippen molar-refractivity contribution in [3.63, 3.8) is 0 Å². The van der Waals surface area contributed by atoms with Crippen LogP contribution in [0.15, 0.2) is 24.8 Å². The van der Waals surface area contributed by atoms with Crippen molar-refractivity contribution in [1.29, 1.82) is 0 Å². The molecule has 2 heterocycles. The van der Waals surface area contributed by atoms with Crippen LogP contribution in [0.1, 0.15) is 0 Å². The molecule has 2 aromatic rings. The van der Waals surface area contributed by atoms with E-state index in [4.69, 9.17) is 29.0 Å². The molecular weight excluding hydrogens is 237 g/mol. The van der Waals surface area contributed by atoms with Gasteiger partial charge >= 0.3 is 0 Å². The van der Waals surface area contributed by atoms with E-state index in [0.717, 1.165) is 0 Å². The highest BCUT2D eigenvalue weighted by Crippen LogP contribution is 2.27. The molecule has 0 aliphatic rings. The molecule has 0 bridgehead atoms. The van der Waals surface area contributed by atoms with Gasteiger partial charge in [-0.05, 0) is 6.07 Å². The summed E-state index contributed by atoms with van der Waals surface area (Å²) >= 11 is 11.8. The molecule has 0 unspecified atom stereocenters. The Morgan fingerprint density at radius 2 is 2.13 bits per heavy atom. The molecule has 15 heavy (non-hydrogen) atoms. The Morgan fingerprint density at radius 3 is 2.73 bits per heavy atom. The fourth-order valence-corrected chi connectivity index (χ4v) is 1.63. The molecule has 0 fully saturated rings. The summed E-state index contributed by atoms with van der Waals surface area (Å²) in [5, 5.41) is 0.795. The number of nitrogens with two attached hydrogens (primary N) is 1. The summed E-state index contributed by atoms with van der Waals surface area (Å²) < 4.78 is 1.67. The van der Waals surface area contributed by atoms with Crippen LogP contribution >= 0.6 is 23.2 Å². The second-order valence-electron chi connectivity index (χ2n) is 2.74. The first-order valence-corrected chi connectivity index (χ1v) is 4.79. The van der Waals surface area contributed by atoms with Crippen molar-refractivity contribution in [2.24, 2.45) is 5.84 Å². The molecule has 7 heteroatoms. The minimum atomic E-state index is 0.366. The number of hydrazine groups is 1. The Bertz CT molecular complexity index is 468. The monoisotopic (exact) mass is 243 g/mol. The third-order valence-electron chi connectivity index (χ3n) is 1.80. The summed E-state index contributed by atoms with van der Waals surface area (Å²) in [4.78, 5) is 8.05. The standard InChI is InChI=1S/C8H7Cl2N5/c9-5-3-6(10)8(13-7(5)14-11)15-2-1-12-4-15/h1-4H,11H2,(H,13,14). The second-order valence-corrected chi connectivity index (χ2v) is 3.55. The first-order valence-electron chi connectivity index (χ1n) is 4.03. The summed E-state index contributed by atoms with van der Waals surface area (Å²) in [7, 11) is 0. The Morgan fingerprint density at radius 1 is 1.33 bits per heavy atom. The SMILES string of the molecule is NNc1nc(-n2ccnc2)c(Cl)cc1Cl. The van der Waals surface area contributed by atoms with Gasteiger partial charge in [0.2, 0.25) is 0 Å². The van der Waals surface area contributed by atoms with Crippen molar-refractivity contribution in [2.75, 3.05) is 5.43 Å². The molecule has 0 aromatic carbocycles. The van der Waals surface area contributed by atoms with Gasteiger partial charge < -0.3 is 5.43 Å². The summed E-state index contributed by atoms with van der Waals surface area (Å²) in [6.45, 7) is 0. The number of nitrogens with zero attached hydrogens (tertiary/aromatic N) is 3. The molecule has 0 amide bonds. The van der Waals surface area contributed by atoms with Crippen LogP contribution in [0.25, 0.3) is 5.82 Å². The van der Waals surface area contributed by atoms with E-state index in [1.165, 1.54) is 0 Å². The first kappa shape index (κ1) is 10.2. The number of anilines is 1. The van der Waals surface area contributed by atoms with Crippen molar-refractivity contribution in [3.05, 3.63) is 34.8 Å². The van der Waals surface area contributed by atoms with E-state index >= 15 is 0 Å². The Hall–Kier alpha value is -1.30. The van der Waals surface area contributed by atoms with Gasteiger partial charge in [0.05, 0.1) is 10.0 Å². The van der Waals surface area contributed by atoms with Gasteiger partial charge in [-0.15, -0.1) is 0 Å². The van der Waals surface area contributed by atoms with Gasteiger partial charge in [0.1, 0.15) is 6.33 Å². The molecule has 0 spiro atoms. The Balaban J connectivity index is 2.57. The van der Waals surface area contributed by atoms with Gasteiger partial charge in [0.15, 0.2) is 11.6 Å². The predicted molar refractivity (Wildman–Crippen MR) is 59.2 cm³/mol. The predicted octanol–water partition coefficient (Wildman–Crippen LogP) is 1.86. The molecule has 3 N–H and O–H groups in total. The number of nitrogens with one attached hydrogen (secondary N) is 1. The quantitative estimate of drug-likeness (QED) is 0.624. The van der Waals surface area contributed by atoms with E-state index in [9.17, 15) is 0 Å². The molecule has 0 radical (unpaired) electrons. The van der Waals surface area contributed by atoms with Crippen LogP contribution < -0.4 is 11.3 Å². The average Bonchev–Trinajstić information content (AvgIpc) is 2.71. The lowest BCUT2D eigenvalue weighted by atomic mass is 10.4. The van der Waals surface area contributed by atoms with Crippen LogP contribution in [0.2, 0.25) is 10.0 Å². The van der Waals surface area contributed by atoms with Crippen LogP contribution in [0.3, 0.4) is 0 Å². The number of halogens is 2. The molecular formula is C8H7Cl2N5. The lowest BCUT2D eigenvalue weighted by Gasteiger charge is -2.08. The zero-order chi connectivity index (χ0) is 10.8. The topological polar surface area (TPSA) is 68.8 Å². The molecule has 0 saturated carbocycles. The summed E-state index contributed by atoms with van der Waals surface area (Å²) in [6, 6.07) is 1.57. The highest BCUT2D eigenvalue weighted by molar-refractivity contribution is 6.36. The first-order chi connectivity index (χ1) is 7.22. The smallest absolute Gasteiger partial charge is 0.161 e. The van der Waals surface area contributed by atoms with Gasteiger partial charge in [-0.2, -0.15) is 0 Å². The second kappa shape index (κ2) is 4.06. The van der Waals surface area contributed by atoms with E-state index < -0.39 is 0 Å². The summed E-state index contributed by atoms with van der Waals surface area (Å²) in [5.41, 5.74) is 2.39. The van der Waals surface area contributed by atoms with Gasteiger partial charge in [0, 0.05) is 12.4 Å². The van der Waals surface area contributed by atoms with Gasteiger partial charge in [-0.25, -0.2) is 15.8 Å². The Labute approximate surface area is 95.8 Å². The third kappa shape index (κ3) is 1.90. The fourth-order valence-electron chi connectivity index (χ4n) is 1.12. The average molecular weight is 244 g/mol. The number of hydrogen-bond donors (Lipinski definition) is 2. The largest absolute Gasteiger partial charge is 0.307 e. The molecule has 2 rings (SSSR count). The minimum absolute atomic E-state index is 0.366. The normalized spacial score (nSPS) is 10.3. The van der Waals surface area contributed by atoms with E-state index in [-0.39, 0.29) is 0 Å². The lowest BCUT2D eigenvalue weighted by molar-refractivity contribution is 0.991. The molecule has 2 aromatic heterocycles. The van der Waals surface area contributed by atoms with E-state index in [1.807, 2.05) is 0 Å². The molecule has 0 atom stereocenters. The van der Waals surface area contributed by atoms with Crippen LogP contribution in [-0.2, 0) is 0 Å². The van der Waals surface area contributed by atoms with Crippen LogP contribution in [0.5, 0.6) is 0 Å². The number of imidazole rings is 1. The maximum Gasteiger partial charge on any atom is 0.161 e. The van der Waals surface area contributed by atoms with Crippen molar-refractivity contribution in [3.8, 4) is 5.82 Å². The number of pyridine rings is 1. The van der Waals surface area contributed by atoms with Gasteiger partial charge in [-0.3, -0.25) is 4.57 Å². The number of aromatic nitrogens is 3. The van der Waals surface area contributed by atoms with Crippen molar-refractivity contribution in [2.45, 2.75) is 0 Å². The Kier molecular flexibility index (Phi) is 2.77. The molecule has 0 aliphatic heterocycles. The summed E-state index contributed by atoms with van der Waals surface area (Å²) in [5.74, 6) is 6.14. The molecule has 0 saturated heterocycles. The third-order valence-corrected chi connectivity index (χ3v) is 2.36. The van der Waals surface area contributed by atoms with Crippen LogP contribution in [-0.4, -0.2) is 14.5 Å². The molecule has 5 nitrogen and oxygen atoms in total. The van der Waals surface area contributed by atoms with Crippen molar-refractivity contribution in [1.82, 2.24) is 14.5 Å². The maximum atomic E-state index is 5.99. The molecule has 78 valence electrons. The van der Waals surface area contributed by atoms with Crippen LogP contribution in [0, 0.1) is 0 Å². The minimum Gasteiger partial charge on any atom is -0.307 e. The highest BCUT2D eigenvalue weighted by Gasteiger charge is 2.09. The highest BCUT2D eigenvalue weighted by atomic mass is 35.5. The maximum absolute atomic E-state index is 5.99. The van der Waals surface area contributed by atoms with E-state index in [2.05, 4.69) is 15.4 Å². The van der Waals surface area contributed by atoms with Gasteiger partial charge in [-0.1, -0.05) is 23.2 Å². The number of hydrogen-bond acceptors (Lipinski definition) is 4. The number of nitrogen functional groups attached to an aromatic ring is 1. The van der Waals surface area contributed by atoms with E-state index in [0.29, 0.717) is 21.7 Å². The van der Waals surface area contributed by atoms with Crippen LogP contribution in [0.4, 0.5) is 5.82 Å². The zero-order valence-electron chi connectivity index (χ0n) is 7.48. The lowest BCUT2D eigenvalue weighted by Crippen LogP contribution is -2.10. The number of rotatable bonds is 2. The fraction of sp³-hybridized carbons (Fsp3) is 0. The summed E-state index contributed by atoms with van der Waals surface area (Å²) in [6.07, 6.45) is 4.94. The zero-order valence-corrected chi connectivity index (χ0v) is 9.00. The van der Waals surface area contributed by atoms with Gasteiger partial charge in [0.25, 0.3) is 0 Å². The van der Waals surface area contributed by atoms with E-state index in [1.54, 1.807) is 29.4 Å². The van der Waals surface area contributed by atoms with Crippen molar-refractivity contribution < 1.29 is 0 Å².